The summed E-state index contributed by atoms with van der Waals surface area (Å²) in [5.41, 5.74) is 1.03. The zero-order valence-electron chi connectivity index (χ0n) is 11.9. The monoisotopic (exact) mass is 235 g/mol. The first-order valence-corrected chi connectivity index (χ1v) is 6.50. The van der Waals surface area contributed by atoms with E-state index in [1.165, 1.54) is 0 Å². The van der Waals surface area contributed by atoms with E-state index in [1.807, 2.05) is 13.0 Å². The number of aromatic nitrogens is 2. The van der Waals surface area contributed by atoms with Crippen molar-refractivity contribution in [1.82, 2.24) is 9.97 Å². The van der Waals surface area contributed by atoms with E-state index in [4.69, 9.17) is 0 Å². The molecule has 1 atom stereocenters. The molecule has 0 radical (unpaired) electrons. The standard InChI is InChI=1S/C14H25N3/c1-9(2)7-11(5)15-13-8-12(6)16-14(17-13)10(3)4/h8-11H,7H2,1-6H3,(H,15,16,17). The number of rotatable bonds is 5. The molecule has 0 fully saturated rings. The third kappa shape index (κ3) is 4.72. The largest absolute Gasteiger partial charge is 0.367 e. The molecule has 0 saturated heterocycles. The lowest BCUT2D eigenvalue weighted by Crippen LogP contribution is -2.19. The minimum Gasteiger partial charge on any atom is -0.367 e. The summed E-state index contributed by atoms with van der Waals surface area (Å²) in [6.45, 7) is 12.9. The summed E-state index contributed by atoms with van der Waals surface area (Å²) in [5.74, 6) is 2.94. The van der Waals surface area contributed by atoms with Gasteiger partial charge in [-0.3, -0.25) is 0 Å². The molecular formula is C14H25N3. The summed E-state index contributed by atoms with van der Waals surface area (Å²) in [6, 6.07) is 2.47. The van der Waals surface area contributed by atoms with Crippen LogP contribution in [0.25, 0.3) is 0 Å². The highest BCUT2D eigenvalue weighted by Gasteiger charge is 2.09. The summed E-state index contributed by atoms with van der Waals surface area (Å²) in [4.78, 5) is 9.01. The molecule has 0 aromatic carbocycles. The molecule has 96 valence electrons. The lowest BCUT2D eigenvalue weighted by atomic mass is 10.1. The molecule has 0 aliphatic carbocycles. The molecule has 0 aliphatic heterocycles. The Bertz CT molecular complexity index is 358. The van der Waals surface area contributed by atoms with Gasteiger partial charge < -0.3 is 5.32 Å². The van der Waals surface area contributed by atoms with Gasteiger partial charge in [0.05, 0.1) is 0 Å². The molecule has 3 nitrogen and oxygen atoms in total. The van der Waals surface area contributed by atoms with Gasteiger partial charge in [-0.1, -0.05) is 27.7 Å². The van der Waals surface area contributed by atoms with Gasteiger partial charge in [0.1, 0.15) is 11.6 Å². The van der Waals surface area contributed by atoms with Crippen molar-refractivity contribution in [3.63, 3.8) is 0 Å². The molecular weight excluding hydrogens is 210 g/mol. The van der Waals surface area contributed by atoms with E-state index in [9.17, 15) is 0 Å². The highest BCUT2D eigenvalue weighted by Crippen LogP contribution is 2.15. The Kier molecular flexibility index (Phi) is 4.91. The predicted molar refractivity (Wildman–Crippen MR) is 73.4 cm³/mol. The van der Waals surface area contributed by atoms with Crippen LogP contribution in [0.4, 0.5) is 5.82 Å². The van der Waals surface area contributed by atoms with E-state index in [0.717, 1.165) is 23.8 Å². The van der Waals surface area contributed by atoms with Crippen molar-refractivity contribution in [2.24, 2.45) is 5.92 Å². The first-order valence-electron chi connectivity index (χ1n) is 6.50. The molecule has 17 heavy (non-hydrogen) atoms. The zero-order chi connectivity index (χ0) is 13.0. The molecule has 0 bridgehead atoms. The molecule has 0 amide bonds. The molecule has 1 N–H and O–H groups in total. The van der Waals surface area contributed by atoms with Gasteiger partial charge in [-0.15, -0.1) is 0 Å². The fraction of sp³-hybridized carbons (Fsp3) is 0.714. The van der Waals surface area contributed by atoms with Crippen LogP contribution in [0.3, 0.4) is 0 Å². The maximum absolute atomic E-state index is 4.56. The van der Waals surface area contributed by atoms with Crippen molar-refractivity contribution < 1.29 is 0 Å². The quantitative estimate of drug-likeness (QED) is 0.844. The maximum Gasteiger partial charge on any atom is 0.133 e. The second-order valence-corrected chi connectivity index (χ2v) is 5.58. The molecule has 1 aromatic heterocycles. The van der Waals surface area contributed by atoms with E-state index in [-0.39, 0.29) is 0 Å². The summed E-state index contributed by atoms with van der Waals surface area (Å²) < 4.78 is 0. The Morgan fingerprint density at radius 2 is 1.76 bits per heavy atom. The third-order valence-corrected chi connectivity index (χ3v) is 2.61. The molecule has 3 heteroatoms. The number of nitrogens with zero attached hydrogens (tertiary/aromatic N) is 2. The highest BCUT2D eigenvalue weighted by molar-refractivity contribution is 5.37. The molecule has 0 spiro atoms. The van der Waals surface area contributed by atoms with Crippen LogP contribution in [-0.4, -0.2) is 16.0 Å². The van der Waals surface area contributed by atoms with Crippen molar-refractivity contribution in [3.05, 3.63) is 17.6 Å². The van der Waals surface area contributed by atoms with Crippen LogP contribution in [0.5, 0.6) is 0 Å². The minimum atomic E-state index is 0.371. The van der Waals surface area contributed by atoms with Crippen molar-refractivity contribution in [1.29, 1.82) is 0 Å². The minimum absolute atomic E-state index is 0.371. The Labute approximate surface area is 105 Å². The zero-order valence-corrected chi connectivity index (χ0v) is 11.9. The fourth-order valence-corrected chi connectivity index (χ4v) is 1.94. The smallest absolute Gasteiger partial charge is 0.133 e. The van der Waals surface area contributed by atoms with Crippen molar-refractivity contribution in [2.45, 2.75) is 59.9 Å². The number of hydrogen-bond donors (Lipinski definition) is 1. The van der Waals surface area contributed by atoms with Crippen LogP contribution in [0.2, 0.25) is 0 Å². The Morgan fingerprint density at radius 3 is 2.29 bits per heavy atom. The molecule has 0 saturated carbocycles. The topological polar surface area (TPSA) is 37.8 Å². The Morgan fingerprint density at radius 1 is 1.12 bits per heavy atom. The third-order valence-electron chi connectivity index (χ3n) is 2.61. The lowest BCUT2D eigenvalue weighted by Gasteiger charge is -2.17. The summed E-state index contributed by atoms with van der Waals surface area (Å²) in [7, 11) is 0. The van der Waals surface area contributed by atoms with Crippen LogP contribution in [-0.2, 0) is 0 Å². The van der Waals surface area contributed by atoms with E-state index in [2.05, 4.69) is 49.9 Å². The van der Waals surface area contributed by atoms with Crippen LogP contribution < -0.4 is 5.32 Å². The molecule has 1 unspecified atom stereocenters. The van der Waals surface area contributed by atoms with E-state index < -0.39 is 0 Å². The average molecular weight is 235 g/mol. The van der Waals surface area contributed by atoms with Gasteiger partial charge in [0.2, 0.25) is 0 Å². The van der Waals surface area contributed by atoms with Crippen molar-refractivity contribution in [3.8, 4) is 0 Å². The molecule has 0 aliphatic rings. The normalized spacial score (nSPS) is 13.2. The number of anilines is 1. The predicted octanol–water partition coefficient (Wildman–Crippen LogP) is 3.75. The van der Waals surface area contributed by atoms with E-state index in [0.29, 0.717) is 17.9 Å². The molecule has 1 heterocycles. The average Bonchev–Trinajstić information content (AvgIpc) is 2.14. The number of nitrogens with one attached hydrogen (secondary N) is 1. The van der Waals surface area contributed by atoms with Crippen LogP contribution in [0, 0.1) is 12.8 Å². The Hall–Kier alpha value is -1.12. The van der Waals surface area contributed by atoms with Crippen LogP contribution in [0.15, 0.2) is 6.07 Å². The van der Waals surface area contributed by atoms with Crippen LogP contribution in [0.1, 0.15) is 58.5 Å². The van der Waals surface area contributed by atoms with E-state index >= 15 is 0 Å². The second-order valence-electron chi connectivity index (χ2n) is 5.58. The van der Waals surface area contributed by atoms with Gasteiger partial charge in [0.15, 0.2) is 0 Å². The van der Waals surface area contributed by atoms with E-state index in [1.54, 1.807) is 0 Å². The first-order chi connectivity index (χ1) is 7.88. The van der Waals surface area contributed by atoms with Gasteiger partial charge in [0, 0.05) is 23.7 Å². The second kappa shape index (κ2) is 5.99. The highest BCUT2D eigenvalue weighted by atomic mass is 15.0. The van der Waals surface area contributed by atoms with Gasteiger partial charge >= 0.3 is 0 Å². The van der Waals surface area contributed by atoms with Gasteiger partial charge in [-0.05, 0) is 26.2 Å². The van der Waals surface area contributed by atoms with Gasteiger partial charge in [-0.2, -0.15) is 0 Å². The van der Waals surface area contributed by atoms with Gasteiger partial charge in [-0.25, -0.2) is 9.97 Å². The fourth-order valence-electron chi connectivity index (χ4n) is 1.94. The summed E-state index contributed by atoms with van der Waals surface area (Å²) in [5, 5.41) is 3.46. The molecule has 1 rings (SSSR count). The number of aryl methyl sites for hydroxylation is 1. The van der Waals surface area contributed by atoms with Crippen molar-refractivity contribution >= 4 is 5.82 Å². The lowest BCUT2D eigenvalue weighted by molar-refractivity contribution is 0.538. The Balaban J connectivity index is 2.77. The van der Waals surface area contributed by atoms with Crippen molar-refractivity contribution in [2.75, 3.05) is 5.32 Å². The van der Waals surface area contributed by atoms with Gasteiger partial charge in [0.25, 0.3) is 0 Å². The maximum atomic E-state index is 4.56. The summed E-state index contributed by atoms with van der Waals surface area (Å²) in [6.07, 6.45) is 1.15. The van der Waals surface area contributed by atoms with Crippen LogP contribution >= 0.6 is 0 Å². The molecule has 1 aromatic rings. The summed E-state index contributed by atoms with van der Waals surface area (Å²) >= 11 is 0. The number of hydrogen-bond acceptors (Lipinski definition) is 3. The SMILES string of the molecule is Cc1cc(NC(C)CC(C)C)nc(C(C)C)n1. The first kappa shape index (κ1) is 13.9.